The second kappa shape index (κ2) is 3.62. The van der Waals surface area contributed by atoms with Crippen molar-refractivity contribution >= 4 is 6.03 Å². The highest BCUT2D eigenvalue weighted by molar-refractivity contribution is 5.75. The van der Waals surface area contributed by atoms with Gasteiger partial charge in [0.1, 0.15) is 0 Å². The Balaban J connectivity index is 1.85. The molecule has 4 heteroatoms. The molecule has 0 aromatic heterocycles. The smallest absolute Gasteiger partial charge is 0.315 e. The molecular formula is C12H22N2O2. The minimum absolute atomic E-state index is 0.0113. The summed E-state index contributed by atoms with van der Waals surface area (Å²) in [7, 11) is 1.74. The Labute approximate surface area is 97.1 Å². The van der Waals surface area contributed by atoms with Crippen LogP contribution in [0.5, 0.6) is 0 Å². The lowest BCUT2D eigenvalue weighted by Gasteiger charge is -2.59. The van der Waals surface area contributed by atoms with Crippen LogP contribution in [0, 0.1) is 5.41 Å². The Hall–Kier alpha value is -0.770. The molecule has 2 unspecified atom stereocenters. The van der Waals surface area contributed by atoms with Crippen molar-refractivity contribution in [2.24, 2.45) is 5.41 Å². The number of amides is 2. The minimum atomic E-state index is -0.121. The third kappa shape index (κ3) is 1.79. The SMILES string of the molecule is COC1(C)CC(NC(=O)NC2CC2)C1(C)C. The van der Waals surface area contributed by atoms with Gasteiger partial charge in [0.05, 0.1) is 5.60 Å². The molecule has 0 aromatic rings. The largest absolute Gasteiger partial charge is 0.378 e. The molecular weight excluding hydrogens is 204 g/mol. The zero-order chi connectivity index (χ0) is 12.0. The van der Waals surface area contributed by atoms with Gasteiger partial charge in [0.2, 0.25) is 0 Å². The van der Waals surface area contributed by atoms with Crippen LogP contribution in [0.25, 0.3) is 0 Å². The van der Waals surface area contributed by atoms with Crippen molar-refractivity contribution < 1.29 is 9.53 Å². The van der Waals surface area contributed by atoms with Gasteiger partial charge in [0.15, 0.2) is 0 Å². The summed E-state index contributed by atoms with van der Waals surface area (Å²) in [4.78, 5) is 11.6. The van der Waals surface area contributed by atoms with E-state index in [9.17, 15) is 4.79 Å². The standard InChI is InChI=1S/C12H22N2O2/c1-11(2)9(7-12(11,3)16-4)14-10(15)13-8-5-6-8/h8-9H,5-7H2,1-4H3,(H2,13,14,15). The maximum absolute atomic E-state index is 11.6. The van der Waals surface area contributed by atoms with Crippen LogP contribution < -0.4 is 10.6 Å². The number of carbonyl (C=O) groups excluding carboxylic acids is 1. The fraction of sp³-hybridized carbons (Fsp3) is 0.917. The normalized spacial score (nSPS) is 36.4. The van der Waals surface area contributed by atoms with Crippen LogP contribution in [-0.4, -0.2) is 30.8 Å². The van der Waals surface area contributed by atoms with Crippen LogP contribution in [0.15, 0.2) is 0 Å². The lowest BCUT2D eigenvalue weighted by Crippen LogP contribution is -2.69. The van der Waals surface area contributed by atoms with E-state index in [2.05, 4.69) is 31.4 Å². The predicted octanol–water partition coefficient (Wildman–Crippen LogP) is 1.65. The first-order valence-electron chi connectivity index (χ1n) is 6.01. The van der Waals surface area contributed by atoms with Gasteiger partial charge >= 0.3 is 6.03 Å². The van der Waals surface area contributed by atoms with Gasteiger partial charge in [-0.3, -0.25) is 0 Å². The molecule has 92 valence electrons. The molecule has 2 fully saturated rings. The summed E-state index contributed by atoms with van der Waals surface area (Å²) in [6.45, 7) is 6.38. The van der Waals surface area contributed by atoms with Crippen molar-refractivity contribution in [2.45, 2.75) is 57.7 Å². The highest BCUT2D eigenvalue weighted by atomic mass is 16.5. The number of hydrogen-bond donors (Lipinski definition) is 2. The van der Waals surface area contributed by atoms with Gasteiger partial charge in [-0.25, -0.2) is 4.79 Å². The second-order valence-corrected chi connectivity index (χ2v) is 5.81. The summed E-state index contributed by atoms with van der Waals surface area (Å²) in [5.41, 5.74) is -0.132. The third-order valence-corrected chi connectivity index (χ3v) is 4.50. The van der Waals surface area contributed by atoms with Crippen molar-refractivity contribution in [1.29, 1.82) is 0 Å². The average Bonchev–Trinajstić information content (AvgIpc) is 3.00. The zero-order valence-electron chi connectivity index (χ0n) is 10.6. The van der Waals surface area contributed by atoms with Crippen LogP contribution in [-0.2, 0) is 4.74 Å². The monoisotopic (exact) mass is 226 g/mol. The fourth-order valence-corrected chi connectivity index (χ4v) is 2.34. The quantitative estimate of drug-likeness (QED) is 0.769. The summed E-state index contributed by atoms with van der Waals surface area (Å²) < 4.78 is 5.52. The zero-order valence-corrected chi connectivity index (χ0v) is 10.6. The third-order valence-electron chi connectivity index (χ3n) is 4.50. The number of hydrogen-bond acceptors (Lipinski definition) is 2. The van der Waals surface area contributed by atoms with Crippen molar-refractivity contribution in [1.82, 2.24) is 10.6 Å². The summed E-state index contributed by atoms with van der Waals surface area (Å²) in [5.74, 6) is 0. The maximum atomic E-state index is 11.6. The first-order valence-corrected chi connectivity index (χ1v) is 6.01. The molecule has 4 nitrogen and oxygen atoms in total. The highest BCUT2D eigenvalue weighted by Crippen LogP contribution is 2.51. The summed E-state index contributed by atoms with van der Waals surface area (Å²) in [5, 5.41) is 5.98. The van der Waals surface area contributed by atoms with E-state index in [0.29, 0.717) is 6.04 Å². The second-order valence-electron chi connectivity index (χ2n) is 5.81. The Morgan fingerprint density at radius 2 is 1.88 bits per heavy atom. The lowest BCUT2D eigenvalue weighted by atomic mass is 9.56. The van der Waals surface area contributed by atoms with E-state index in [1.807, 2.05) is 0 Å². The topological polar surface area (TPSA) is 50.4 Å². The van der Waals surface area contributed by atoms with Gasteiger partial charge in [-0.1, -0.05) is 13.8 Å². The molecule has 0 bridgehead atoms. The molecule has 0 aliphatic heterocycles. The van der Waals surface area contributed by atoms with Crippen LogP contribution >= 0.6 is 0 Å². The first-order chi connectivity index (χ1) is 7.39. The average molecular weight is 226 g/mol. The highest BCUT2D eigenvalue weighted by Gasteiger charge is 2.58. The van der Waals surface area contributed by atoms with Gasteiger partial charge in [-0.2, -0.15) is 0 Å². The number of rotatable bonds is 3. The van der Waals surface area contributed by atoms with Gasteiger partial charge in [-0.15, -0.1) is 0 Å². The molecule has 2 N–H and O–H groups in total. The molecule has 0 heterocycles. The predicted molar refractivity (Wildman–Crippen MR) is 62.3 cm³/mol. The van der Waals surface area contributed by atoms with E-state index in [-0.39, 0.29) is 23.1 Å². The van der Waals surface area contributed by atoms with E-state index in [4.69, 9.17) is 4.74 Å². The van der Waals surface area contributed by atoms with Crippen molar-refractivity contribution in [3.8, 4) is 0 Å². The molecule has 2 saturated carbocycles. The summed E-state index contributed by atoms with van der Waals surface area (Å²) in [6.07, 6.45) is 3.13. The van der Waals surface area contributed by atoms with Crippen LogP contribution in [0.2, 0.25) is 0 Å². The fourth-order valence-electron chi connectivity index (χ4n) is 2.34. The molecule has 2 aliphatic rings. The number of urea groups is 1. The lowest BCUT2D eigenvalue weighted by molar-refractivity contribution is -0.177. The van der Waals surface area contributed by atoms with E-state index >= 15 is 0 Å². The van der Waals surface area contributed by atoms with Crippen LogP contribution in [0.4, 0.5) is 4.79 Å². The molecule has 2 rings (SSSR count). The van der Waals surface area contributed by atoms with Crippen molar-refractivity contribution in [3.05, 3.63) is 0 Å². The number of carbonyl (C=O) groups is 1. The van der Waals surface area contributed by atoms with Gasteiger partial charge < -0.3 is 15.4 Å². The molecule has 2 amide bonds. The van der Waals surface area contributed by atoms with Crippen molar-refractivity contribution in [3.63, 3.8) is 0 Å². The minimum Gasteiger partial charge on any atom is -0.378 e. The van der Waals surface area contributed by atoms with Crippen LogP contribution in [0.3, 0.4) is 0 Å². The molecule has 0 saturated heterocycles. The van der Waals surface area contributed by atoms with E-state index in [1.54, 1.807) is 7.11 Å². The Kier molecular flexibility index (Phi) is 2.65. The number of methoxy groups -OCH3 is 1. The van der Waals surface area contributed by atoms with Crippen molar-refractivity contribution in [2.75, 3.05) is 7.11 Å². The van der Waals surface area contributed by atoms with E-state index in [1.165, 1.54) is 0 Å². The summed E-state index contributed by atoms with van der Waals surface area (Å²) >= 11 is 0. The Morgan fingerprint density at radius 1 is 1.25 bits per heavy atom. The first kappa shape index (κ1) is 11.7. The molecule has 2 atom stereocenters. The molecule has 2 aliphatic carbocycles. The van der Waals surface area contributed by atoms with Gasteiger partial charge in [0.25, 0.3) is 0 Å². The van der Waals surface area contributed by atoms with Gasteiger partial charge in [-0.05, 0) is 26.2 Å². The maximum Gasteiger partial charge on any atom is 0.315 e. The number of ether oxygens (including phenoxy) is 1. The Bertz CT molecular complexity index is 299. The van der Waals surface area contributed by atoms with Crippen LogP contribution in [0.1, 0.15) is 40.0 Å². The molecule has 16 heavy (non-hydrogen) atoms. The molecule has 0 spiro atoms. The number of nitrogens with one attached hydrogen (secondary N) is 2. The van der Waals surface area contributed by atoms with Gasteiger partial charge in [0, 0.05) is 24.6 Å². The van der Waals surface area contributed by atoms with E-state index < -0.39 is 0 Å². The van der Waals surface area contributed by atoms with E-state index in [0.717, 1.165) is 19.3 Å². The molecule has 0 aromatic carbocycles. The Morgan fingerprint density at radius 3 is 2.31 bits per heavy atom. The summed E-state index contributed by atoms with van der Waals surface area (Å²) in [6, 6.07) is 0.590. The molecule has 0 radical (unpaired) electrons.